The normalized spacial score (nSPS) is 14.1. The number of hydrogen-bond donors (Lipinski definition) is 0. The third kappa shape index (κ3) is 3.47. The molecule has 2 aromatic carbocycles. The summed E-state index contributed by atoms with van der Waals surface area (Å²) in [5, 5.41) is 2.66. The zero-order valence-electron chi connectivity index (χ0n) is 13.6. The lowest BCUT2D eigenvalue weighted by molar-refractivity contribution is 0.0833. The van der Waals surface area contributed by atoms with Crippen molar-refractivity contribution in [1.82, 2.24) is 4.90 Å². The number of carbonyl (C=O) groups is 1. The Morgan fingerprint density at radius 1 is 1.15 bits per heavy atom. The molecule has 1 amide bonds. The van der Waals surface area contributed by atoms with E-state index in [4.69, 9.17) is 27.6 Å². The Labute approximate surface area is 164 Å². The largest absolute Gasteiger partial charge is 0.451 e. The molecule has 0 atom stereocenters. The number of para-hydroxylation sites is 1. The van der Waals surface area contributed by atoms with E-state index in [0.29, 0.717) is 45.4 Å². The summed E-state index contributed by atoms with van der Waals surface area (Å²) in [6.45, 7) is 1.15. The highest BCUT2D eigenvalue weighted by Crippen LogP contribution is 2.27. The number of carbonyl (C=O) groups excluding carboxylic acids is 1. The fraction of sp³-hybridized carbons (Fsp3) is 0.158. The van der Waals surface area contributed by atoms with E-state index in [1.807, 2.05) is 36.4 Å². The summed E-state index contributed by atoms with van der Waals surface area (Å²) in [5.74, 6) is 0.814. The minimum Gasteiger partial charge on any atom is -0.451 e. The van der Waals surface area contributed by atoms with Gasteiger partial charge in [0.05, 0.1) is 16.6 Å². The van der Waals surface area contributed by atoms with Gasteiger partial charge in [-0.05, 0) is 29.8 Å². The number of aliphatic imine (C=N–C) groups is 1. The van der Waals surface area contributed by atoms with Crippen LogP contribution in [-0.2, 0) is 5.75 Å². The van der Waals surface area contributed by atoms with Gasteiger partial charge in [-0.25, -0.2) is 0 Å². The van der Waals surface area contributed by atoms with E-state index >= 15 is 0 Å². The van der Waals surface area contributed by atoms with Gasteiger partial charge in [0.15, 0.2) is 10.9 Å². The Morgan fingerprint density at radius 3 is 2.81 bits per heavy atom. The van der Waals surface area contributed by atoms with Crippen molar-refractivity contribution in [2.45, 2.75) is 5.75 Å². The van der Waals surface area contributed by atoms with E-state index < -0.39 is 0 Å². The van der Waals surface area contributed by atoms with E-state index in [9.17, 15) is 4.79 Å². The molecule has 7 heteroatoms. The third-order valence-corrected chi connectivity index (χ3v) is 5.86. The number of hydrogen-bond acceptors (Lipinski definition) is 4. The van der Waals surface area contributed by atoms with Crippen molar-refractivity contribution in [2.24, 2.45) is 4.99 Å². The summed E-state index contributed by atoms with van der Waals surface area (Å²) in [6.07, 6.45) is 0. The SMILES string of the molecule is O=C(c1cc2ccccc2o1)N1CCN=C1SCc1ccc(Cl)c(Cl)c1. The van der Waals surface area contributed by atoms with Crippen LogP contribution in [0, 0.1) is 0 Å². The number of furan rings is 1. The highest BCUT2D eigenvalue weighted by atomic mass is 35.5. The molecule has 1 aromatic heterocycles. The number of halogens is 2. The molecule has 3 aromatic rings. The molecular formula is C19H14Cl2N2O2S. The molecule has 0 radical (unpaired) electrons. The van der Waals surface area contributed by atoms with Gasteiger partial charge in [0.2, 0.25) is 0 Å². The Bertz CT molecular complexity index is 983. The molecule has 0 saturated heterocycles. The number of nitrogens with zero attached hydrogens (tertiary/aromatic N) is 2. The molecule has 2 heterocycles. The Hall–Kier alpha value is -1.95. The maximum absolute atomic E-state index is 12.8. The van der Waals surface area contributed by atoms with Crippen molar-refractivity contribution in [3.63, 3.8) is 0 Å². The molecule has 4 rings (SSSR count). The van der Waals surface area contributed by atoms with E-state index in [1.165, 1.54) is 11.8 Å². The molecule has 0 saturated carbocycles. The number of rotatable bonds is 3. The molecule has 0 bridgehead atoms. The molecule has 0 aliphatic carbocycles. The standard InChI is InChI=1S/C19H14Cl2N2O2S/c20-14-6-5-12(9-15(14)21)11-26-19-22-7-8-23(19)18(24)17-10-13-3-1-2-4-16(13)25-17/h1-6,9-10H,7-8,11H2. The number of amides is 1. The van der Waals surface area contributed by atoms with E-state index in [-0.39, 0.29) is 5.91 Å². The first kappa shape index (κ1) is 17.5. The molecule has 1 aliphatic rings. The highest BCUT2D eigenvalue weighted by molar-refractivity contribution is 8.13. The summed E-state index contributed by atoms with van der Waals surface area (Å²) in [4.78, 5) is 19.0. The topological polar surface area (TPSA) is 45.8 Å². The first-order valence-corrected chi connectivity index (χ1v) is 9.77. The summed E-state index contributed by atoms with van der Waals surface area (Å²) < 4.78 is 5.69. The van der Waals surface area contributed by atoms with Crippen LogP contribution in [0.3, 0.4) is 0 Å². The van der Waals surface area contributed by atoms with Crippen LogP contribution in [0.1, 0.15) is 16.1 Å². The predicted octanol–water partition coefficient (Wildman–Crippen LogP) is 5.48. The summed E-state index contributed by atoms with van der Waals surface area (Å²) in [6, 6.07) is 14.9. The average molecular weight is 405 g/mol. The number of amidine groups is 1. The van der Waals surface area contributed by atoms with Gasteiger partial charge in [-0.1, -0.05) is 59.2 Å². The second kappa shape index (κ2) is 7.35. The highest BCUT2D eigenvalue weighted by Gasteiger charge is 2.27. The third-order valence-electron chi connectivity index (χ3n) is 4.03. The van der Waals surface area contributed by atoms with Gasteiger partial charge in [-0.3, -0.25) is 14.7 Å². The first-order chi connectivity index (χ1) is 12.6. The average Bonchev–Trinajstić information content (AvgIpc) is 3.28. The van der Waals surface area contributed by atoms with Gasteiger partial charge in [0.25, 0.3) is 5.91 Å². The van der Waals surface area contributed by atoms with Crippen molar-refractivity contribution < 1.29 is 9.21 Å². The van der Waals surface area contributed by atoms with Crippen LogP contribution in [0.15, 0.2) is 57.9 Å². The van der Waals surface area contributed by atoms with Gasteiger partial charge in [0, 0.05) is 17.7 Å². The van der Waals surface area contributed by atoms with Gasteiger partial charge in [-0.2, -0.15) is 0 Å². The maximum atomic E-state index is 12.8. The fourth-order valence-corrected chi connectivity index (χ4v) is 4.04. The molecule has 0 unspecified atom stereocenters. The predicted molar refractivity (Wildman–Crippen MR) is 107 cm³/mol. The summed E-state index contributed by atoms with van der Waals surface area (Å²) in [5.41, 5.74) is 1.73. The molecule has 132 valence electrons. The van der Waals surface area contributed by atoms with Gasteiger partial charge in [-0.15, -0.1) is 0 Å². The van der Waals surface area contributed by atoms with Crippen molar-refractivity contribution in [1.29, 1.82) is 0 Å². The minimum absolute atomic E-state index is 0.168. The number of thioether (sulfide) groups is 1. The summed E-state index contributed by atoms with van der Waals surface area (Å²) >= 11 is 13.5. The quantitative estimate of drug-likeness (QED) is 0.579. The second-order valence-corrected chi connectivity index (χ2v) is 7.56. The van der Waals surface area contributed by atoms with E-state index in [0.717, 1.165) is 10.9 Å². The lowest BCUT2D eigenvalue weighted by atomic mass is 10.2. The number of fused-ring (bicyclic) bond motifs is 1. The molecule has 0 fully saturated rings. The minimum atomic E-state index is -0.168. The lowest BCUT2D eigenvalue weighted by Gasteiger charge is -2.16. The summed E-state index contributed by atoms with van der Waals surface area (Å²) in [7, 11) is 0. The lowest BCUT2D eigenvalue weighted by Crippen LogP contribution is -2.32. The molecule has 26 heavy (non-hydrogen) atoms. The van der Waals surface area contributed by atoms with Crippen molar-refractivity contribution >= 4 is 57.0 Å². The van der Waals surface area contributed by atoms with E-state index in [1.54, 1.807) is 17.0 Å². The Balaban J connectivity index is 1.48. The van der Waals surface area contributed by atoms with Crippen LogP contribution < -0.4 is 0 Å². The monoisotopic (exact) mass is 404 g/mol. The maximum Gasteiger partial charge on any atom is 0.295 e. The van der Waals surface area contributed by atoms with Crippen LogP contribution in [0.4, 0.5) is 0 Å². The zero-order chi connectivity index (χ0) is 18.1. The molecule has 0 spiro atoms. The van der Waals surface area contributed by atoms with E-state index in [2.05, 4.69) is 4.99 Å². The Morgan fingerprint density at radius 2 is 2.00 bits per heavy atom. The Kier molecular flexibility index (Phi) is 4.94. The molecule has 4 nitrogen and oxygen atoms in total. The molecular weight excluding hydrogens is 391 g/mol. The first-order valence-electron chi connectivity index (χ1n) is 8.03. The van der Waals surface area contributed by atoms with Crippen molar-refractivity contribution in [3.8, 4) is 0 Å². The van der Waals surface area contributed by atoms with Crippen LogP contribution in [-0.4, -0.2) is 29.1 Å². The van der Waals surface area contributed by atoms with Crippen LogP contribution in [0.2, 0.25) is 10.0 Å². The second-order valence-electron chi connectivity index (χ2n) is 5.81. The zero-order valence-corrected chi connectivity index (χ0v) is 15.9. The van der Waals surface area contributed by atoms with Gasteiger partial charge in [0.1, 0.15) is 5.58 Å². The number of benzene rings is 2. The van der Waals surface area contributed by atoms with Crippen LogP contribution >= 0.6 is 35.0 Å². The smallest absolute Gasteiger partial charge is 0.295 e. The fourth-order valence-electron chi connectivity index (χ4n) is 2.74. The van der Waals surface area contributed by atoms with Gasteiger partial charge < -0.3 is 4.42 Å². The van der Waals surface area contributed by atoms with Gasteiger partial charge >= 0.3 is 0 Å². The van der Waals surface area contributed by atoms with Crippen LogP contribution in [0.5, 0.6) is 0 Å². The molecule has 0 N–H and O–H groups in total. The van der Waals surface area contributed by atoms with Crippen LogP contribution in [0.25, 0.3) is 11.0 Å². The van der Waals surface area contributed by atoms with Crippen molar-refractivity contribution in [3.05, 3.63) is 69.9 Å². The van der Waals surface area contributed by atoms with Crippen molar-refractivity contribution in [2.75, 3.05) is 13.1 Å². The molecule has 1 aliphatic heterocycles.